The summed E-state index contributed by atoms with van der Waals surface area (Å²) in [6.07, 6.45) is 5.80. The summed E-state index contributed by atoms with van der Waals surface area (Å²) in [5.41, 5.74) is 6.93. The average molecular weight is 262 g/mol. The van der Waals surface area contributed by atoms with Crippen molar-refractivity contribution in [1.29, 1.82) is 0 Å². The van der Waals surface area contributed by atoms with Crippen molar-refractivity contribution in [3.05, 3.63) is 36.2 Å². The molecule has 0 spiro atoms. The summed E-state index contributed by atoms with van der Waals surface area (Å²) < 4.78 is 3.60. The second kappa shape index (κ2) is 6.14. The second-order valence-electron chi connectivity index (χ2n) is 4.24. The van der Waals surface area contributed by atoms with Gasteiger partial charge in [0, 0.05) is 51.2 Å². The van der Waals surface area contributed by atoms with E-state index >= 15 is 0 Å². The molecule has 2 aromatic rings. The monoisotopic (exact) mass is 262 g/mol. The van der Waals surface area contributed by atoms with Crippen molar-refractivity contribution in [2.45, 2.75) is 13.0 Å². The second-order valence-corrected chi connectivity index (χ2v) is 4.24. The first-order valence-electron chi connectivity index (χ1n) is 6.17. The summed E-state index contributed by atoms with van der Waals surface area (Å²) in [5, 5.41) is 6.91. The van der Waals surface area contributed by atoms with Gasteiger partial charge in [0.25, 0.3) is 5.91 Å². The van der Waals surface area contributed by atoms with Gasteiger partial charge in [-0.15, -0.1) is 0 Å². The molecule has 0 aliphatic heterocycles. The number of hydrogen-bond acceptors (Lipinski definition) is 4. The van der Waals surface area contributed by atoms with Gasteiger partial charge >= 0.3 is 0 Å². The van der Waals surface area contributed by atoms with E-state index in [-0.39, 0.29) is 5.91 Å². The zero-order valence-corrected chi connectivity index (χ0v) is 10.9. The number of amides is 1. The van der Waals surface area contributed by atoms with Gasteiger partial charge in [-0.05, 0) is 6.07 Å². The number of carbonyl (C=O) groups excluding carboxylic acids is 1. The number of aromatic nitrogens is 4. The number of carbonyl (C=O) groups is 1. The van der Waals surface area contributed by atoms with Crippen molar-refractivity contribution in [2.24, 2.45) is 12.8 Å². The van der Waals surface area contributed by atoms with Gasteiger partial charge in [0.05, 0.1) is 6.33 Å². The van der Waals surface area contributed by atoms with Gasteiger partial charge in [-0.3, -0.25) is 9.48 Å². The van der Waals surface area contributed by atoms with E-state index in [1.54, 1.807) is 28.0 Å². The molecular weight excluding hydrogens is 244 g/mol. The fraction of sp³-hybridized carbons (Fsp3) is 0.417. The number of aryl methyl sites for hydroxylation is 1. The van der Waals surface area contributed by atoms with Crippen LogP contribution in [0.1, 0.15) is 16.2 Å². The lowest BCUT2D eigenvalue weighted by Crippen LogP contribution is -2.26. The molecule has 0 saturated carbocycles. The fourth-order valence-electron chi connectivity index (χ4n) is 1.79. The Morgan fingerprint density at radius 1 is 1.53 bits per heavy atom. The van der Waals surface area contributed by atoms with Crippen LogP contribution in [0.2, 0.25) is 0 Å². The molecule has 0 fully saturated rings. The molecule has 0 bridgehead atoms. The minimum Gasteiger partial charge on any atom is -0.350 e. The van der Waals surface area contributed by atoms with E-state index in [1.165, 1.54) is 0 Å². The van der Waals surface area contributed by atoms with Crippen molar-refractivity contribution in [3.63, 3.8) is 0 Å². The summed E-state index contributed by atoms with van der Waals surface area (Å²) in [6.45, 7) is 1.75. The van der Waals surface area contributed by atoms with Crippen LogP contribution in [0.3, 0.4) is 0 Å². The lowest BCUT2D eigenvalue weighted by molar-refractivity contribution is 0.0949. The van der Waals surface area contributed by atoms with E-state index in [9.17, 15) is 4.79 Å². The van der Waals surface area contributed by atoms with Gasteiger partial charge in [0.2, 0.25) is 0 Å². The summed E-state index contributed by atoms with van der Waals surface area (Å²) in [7, 11) is 1.88. The largest absolute Gasteiger partial charge is 0.350 e. The number of rotatable bonds is 6. The zero-order valence-electron chi connectivity index (χ0n) is 10.9. The predicted molar refractivity (Wildman–Crippen MR) is 70.5 cm³/mol. The van der Waals surface area contributed by atoms with E-state index in [0.717, 1.165) is 12.1 Å². The Balaban J connectivity index is 1.82. The summed E-state index contributed by atoms with van der Waals surface area (Å²) >= 11 is 0. The first-order chi connectivity index (χ1) is 9.20. The summed E-state index contributed by atoms with van der Waals surface area (Å²) in [4.78, 5) is 15.9. The molecule has 7 nitrogen and oxygen atoms in total. The van der Waals surface area contributed by atoms with Gasteiger partial charge in [-0.25, -0.2) is 4.98 Å². The molecule has 102 valence electrons. The first kappa shape index (κ1) is 13.3. The highest BCUT2D eigenvalue weighted by molar-refractivity contribution is 5.91. The van der Waals surface area contributed by atoms with Crippen LogP contribution in [0.4, 0.5) is 0 Å². The third-order valence-corrected chi connectivity index (χ3v) is 2.84. The van der Waals surface area contributed by atoms with Crippen molar-refractivity contribution < 1.29 is 4.79 Å². The Labute approximate surface area is 111 Å². The Hall–Kier alpha value is -2.15. The average Bonchev–Trinajstić information content (AvgIpc) is 3.00. The highest BCUT2D eigenvalue weighted by Crippen LogP contribution is 1.98. The van der Waals surface area contributed by atoms with Gasteiger partial charge in [-0.2, -0.15) is 5.10 Å². The fourth-order valence-corrected chi connectivity index (χ4v) is 1.79. The number of nitrogens with zero attached hydrogens (tertiary/aromatic N) is 4. The standard InChI is InChI=1S/C12H18N6O/c1-17-10(3-6-16-17)2-5-14-12(19)11-8-18(7-4-13)9-15-11/h3,6,8-9H,2,4-5,7,13H2,1H3,(H,14,19). The van der Waals surface area contributed by atoms with E-state index < -0.39 is 0 Å². The molecule has 7 heteroatoms. The molecule has 1 amide bonds. The SMILES string of the molecule is Cn1nccc1CCNC(=O)c1cn(CCN)cn1. The smallest absolute Gasteiger partial charge is 0.271 e. The molecule has 0 aromatic carbocycles. The third-order valence-electron chi connectivity index (χ3n) is 2.84. The minimum atomic E-state index is -0.169. The van der Waals surface area contributed by atoms with Crippen LogP contribution in [0.25, 0.3) is 0 Å². The van der Waals surface area contributed by atoms with E-state index in [1.807, 2.05) is 13.1 Å². The molecule has 0 aliphatic carbocycles. The van der Waals surface area contributed by atoms with Crippen LogP contribution in [0, 0.1) is 0 Å². The number of imidazole rings is 1. The molecular formula is C12H18N6O. The van der Waals surface area contributed by atoms with Crippen LogP contribution in [0.15, 0.2) is 24.8 Å². The number of hydrogen-bond donors (Lipinski definition) is 2. The van der Waals surface area contributed by atoms with Crippen LogP contribution in [-0.2, 0) is 20.0 Å². The maximum absolute atomic E-state index is 11.8. The molecule has 0 atom stereocenters. The Bertz CT molecular complexity index is 544. The molecule has 0 saturated heterocycles. The van der Waals surface area contributed by atoms with Crippen molar-refractivity contribution in [1.82, 2.24) is 24.6 Å². The van der Waals surface area contributed by atoms with Crippen LogP contribution in [0.5, 0.6) is 0 Å². The van der Waals surface area contributed by atoms with Crippen molar-refractivity contribution >= 4 is 5.91 Å². The molecule has 0 radical (unpaired) electrons. The van der Waals surface area contributed by atoms with Crippen LogP contribution >= 0.6 is 0 Å². The molecule has 2 heterocycles. The summed E-state index contributed by atoms with van der Waals surface area (Å²) in [6, 6.07) is 1.93. The normalized spacial score (nSPS) is 10.6. The first-order valence-corrected chi connectivity index (χ1v) is 6.17. The molecule has 0 aliphatic rings. The number of nitrogens with one attached hydrogen (secondary N) is 1. The number of nitrogens with two attached hydrogens (primary N) is 1. The van der Waals surface area contributed by atoms with Crippen LogP contribution < -0.4 is 11.1 Å². The summed E-state index contributed by atoms with van der Waals surface area (Å²) in [5.74, 6) is -0.169. The van der Waals surface area contributed by atoms with E-state index in [0.29, 0.717) is 25.3 Å². The van der Waals surface area contributed by atoms with Gasteiger partial charge in [0.15, 0.2) is 0 Å². The van der Waals surface area contributed by atoms with E-state index in [4.69, 9.17) is 5.73 Å². The third kappa shape index (κ3) is 3.41. The molecule has 3 N–H and O–H groups in total. The predicted octanol–water partition coefficient (Wildman–Crippen LogP) is -0.452. The lowest BCUT2D eigenvalue weighted by Gasteiger charge is -2.03. The van der Waals surface area contributed by atoms with Gasteiger partial charge < -0.3 is 15.6 Å². The van der Waals surface area contributed by atoms with Gasteiger partial charge in [0.1, 0.15) is 5.69 Å². The van der Waals surface area contributed by atoms with Crippen molar-refractivity contribution in [2.75, 3.05) is 13.1 Å². The Morgan fingerprint density at radius 3 is 3.05 bits per heavy atom. The molecule has 2 aromatic heterocycles. The van der Waals surface area contributed by atoms with E-state index in [2.05, 4.69) is 15.4 Å². The lowest BCUT2D eigenvalue weighted by atomic mass is 10.3. The molecule has 19 heavy (non-hydrogen) atoms. The van der Waals surface area contributed by atoms with Crippen LogP contribution in [-0.4, -0.2) is 38.3 Å². The Morgan fingerprint density at radius 2 is 2.37 bits per heavy atom. The maximum Gasteiger partial charge on any atom is 0.271 e. The Kier molecular flexibility index (Phi) is 4.30. The minimum absolute atomic E-state index is 0.169. The quantitative estimate of drug-likeness (QED) is 0.737. The van der Waals surface area contributed by atoms with Gasteiger partial charge in [-0.1, -0.05) is 0 Å². The van der Waals surface area contributed by atoms with Crippen molar-refractivity contribution in [3.8, 4) is 0 Å². The molecule has 0 unspecified atom stereocenters. The zero-order chi connectivity index (χ0) is 13.7. The highest BCUT2D eigenvalue weighted by atomic mass is 16.1. The topological polar surface area (TPSA) is 90.8 Å². The highest BCUT2D eigenvalue weighted by Gasteiger charge is 2.08. The molecule has 2 rings (SSSR count). The maximum atomic E-state index is 11.8.